The van der Waals surface area contributed by atoms with Crippen molar-refractivity contribution in [3.63, 3.8) is 0 Å². The smallest absolute Gasteiger partial charge is 0.197 e. The third-order valence-corrected chi connectivity index (χ3v) is 5.43. The van der Waals surface area contributed by atoms with Crippen molar-refractivity contribution in [2.75, 3.05) is 0 Å². The zero-order chi connectivity index (χ0) is 22.1. The van der Waals surface area contributed by atoms with Crippen molar-refractivity contribution >= 4 is 12.2 Å². The molecule has 2 aromatic heterocycles. The van der Waals surface area contributed by atoms with Crippen LogP contribution in [-0.2, 0) is 0 Å². The molecule has 0 aliphatic heterocycles. The molecule has 0 radical (unpaired) electrons. The lowest BCUT2D eigenvalue weighted by atomic mass is 10.0. The summed E-state index contributed by atoms with van der Waals surface area (Å²) in [6, 6.07) is 26.3. The van der Waals surface area contributed by atoms with Crippen LogP contribution in [0.5, 0.6) is 0 Å². The predicted molar refractivity (Wildman–Crippen MR) is 128 cm³/mol. The minimum Gasteiger partial charge on any atom is -0.330 e. The van der Waals surface area contributed by atoms with E-state index in [1.807, 2.05) is 78.5 Å². The molecule has 32 heavy (non-hydrogen) atoms. The summed E-state index contributed by atoms with van der Waals surface area (Å²) in [7, 11) is 0. The molecule has 2 heterocycles. The van der Waals surface area contributed by atoms with E-state index in [4.69, 9.17) is 17.3 Å². The second-order valence-corrected chi connectivity index (χ2v) is 7.92. The van der Waals surface area contributed by atoms with Gasteiger partial charge in [0.15, 0.2) is 4.77 Å². The topological polar surface area (TPSA) is 46.5 Å². The normalized spacial score (nSPS) is 10.9. The first kappa shape index (κ1) is 20.0. The van der Waals surface area contributed by atoms with E-state index in [1.54, 1.807) is 12.1 Å². The summed E-state index contributed by atoms with van der Waals surface area (Å²) in [6.45, 7) is 2.05. The van der Waals surface area contributed by atoms with Crippen LogP contribution >= 0.6 is 12.2 Å². The molecule has 0 bridgehead atoms. The maximum absolute atomic E-state index is 13.6. The van der Waals surface area contributed by atoms with E-state index in [9.17, 15) is 4.39 Å². The molecule has 0 unspecified atom stereocenters. The van der Waals surface area contributed by atoms with Crippen LogP contribution in [0.2, 0.25) is 0 Å². The van der Waals surface area contributed by atoms with E-state index in [2.05, 4.69) is 9.97 Å². The fourth-order valence-electron chi connectivity index (χ4n) is 3.58. The molecule has 1 N–H and O–H groups in total. The van der Waals surface area contributed by atoms with Crippen molar-refractivity contribution in [3.8, 4) is 39.5 Å². The fourth-order valence-corrected chi connectivity index (χ4v) is 3.79. The maximum Gasteiger partial charge on any atom is 0.197 e. The van der Waals surface area contributed by atoms with E-state index < -0.39 is 0 Å². The van der Waals surface area contributed by atoms with Gasteiger partial charge in [0.25, 0.3) is 0 Å². The number of aromatic amines is 1. The van der Waals surface area contributed by atoms with E-state index in [0.29, 0.717) is 4.77 Å². The van der Waals surface area contributed by atoms with Crippen molar-refractivity contribution in [2.24, 2.45) is 0 Å². The van der Waals surface area contributed by atoms with Crippen LogP contribution < -0.4 is 0 Å². The zero-order valence-corrected chi connectivity index (χ0v) is 18.1. The largest absolute Gasteiger partial charge is 0.330 e. The number of aromatic nitrogens is 4. The molecule has 6 heteroatoms. The molecule has 0 atom stereocenters. The molecule has 0 aliphatic carbocycles. The highest BCUT2D eigenvalue weighted by Gasteiger charge is 2.16. The average Bonchev–Trinajstić information content (AvgIpc) is 3.26. The molecule has 5 aromatic rings. The number of halogens is 1. The van der Waals surface area contributed by atoms with Gasteiger partial charge in [-0.25, -0.2) is 14.1 Å². The molecule has 4 nitrogen and oxygen atoms in total. The SMILES string of the molecule is Cc1ccc(-c2cc(-c3cn(-c4ccccc4)nc3-c3ccc(F)cc3)[nH]c(=S)n2)cc1. The van der Waals surface area contributed by atoms with Crippen LogP contribution in [0.1, 0.15) is 5.56 Å². The molecule has 156 valence electrons. The number of aryl methyl sites for hydroxylation is 1. The van der Waals surface area contributed by atoms with Gasteiger partial charge < -0.3 is 4.98 Å². The Morgan fingerprint density at radius 1 is 0.875 bits per heavy atom. The first-order valence-corrected chi connectivity index (χ1v) is 10.6. The van der Waals surface area contributed by atoms with Gasteiger partial charge in [0.05, 0.1) is 17.1 Å². The number of benzene rings is 3. The monoisotopic (exact) mass is 438 g/mol. The molecule has 0 saturated carbocycles. The second kappa shape index (κ2) is 8.32. The zero-order valence-electron chi connectivity index (χ0n) is 17.3. The lowest BCUT2D eigenvalue weighted by Crippen LogP contribution is -1.94. The Labute approximate surface area is 190 Å². The molecule has 0 fully saturated rings. The number of para-hydroxylation sites is 1. The summed E-state index contributed by atoms with van der Waals surface area (Å²) in [4.78, 5) is 7.73. The summed E-state index contributed by atoms with van der Waals surface area (Å²) < 4.78 is 15.8. The second-order valence-electron chi connectivity index (χ2n) is 7.53. The van der Waals surface area contributed by atoms with Crippen LogP contribution in [0.4, 0.5) is 4.39 Å². The molecule has 0 amide bonds. The number of nitrogens with one attached hydrogen (secondary N) is 1. The molecule has 5 rings (SSSR count). The highest BCUT2D eigenvalue weighted by molar-refractivity contribution is 7.71. The Kier molecular flexibility index (Phi) is 5.21. The Morgan fingerprint density at radius 2 is 1.56 bits per heavy atom. The summed E-state index contributed by atoms with van der Waals surface area (Å²) in [5, 5.41) is 4.82. The molecule has 3 aromatic carbocycles. The lowest BCUT2D eigenvalue weighted by Gasteiger charge is -2.07. The predicted octanol–water partition coefficient (Wildman–Crippen LogP) is 6.77. The third-order valence-electron chi connectivity index (χ3n) is 5.23. The standard InChI is InChI=1S/C26H19FN4S/c1-17-7-9-18(10-8-17)23-15-24(29-26(32)28-23)22-16-31(21-5-3-2-4-6-21)30-25(22)19-11-13-20(27)14-12-19/h2-16H,1H3,(H,28,29,32). The molecular weight excluding hydrogens is 419 g/mol. The van der Waals surface area contributed by atoms with Gasteiger partial charge in [-0.3, -0.25) is 0 Å². The summed E-state index contributed by atoms with van der Waals surface area (Å²) in [6.07, 6.45) is 1.95. The van der Waals surface area contributed by atoms with Gasteiger partial charge in [-0.2, -0.15) is 5.10 Å². The highest BCUT2D eigenvalue weighted by Crippen LogP contribution is 2.32. The Hall–Kier alpha value is -3.90. The van der Waals surface area contributed by atoms with E-state index >= 15 is 0 Å². The van der Waals surface area contributed by atoms with Crippen LogP contribution in [0, 0.1) is 17.5 Å². The van der Waals surface area contributed by atoms with Crippen molar-refractivity contribution in [3.05, 3.63) is 107 Å². The molecule has 0 spiro atoms. The van der Waals surface area contributed by atoms with Gasteiger partial charge in [0, 0.05) is 22.9 Å². The average molecular weight is 439 g/mol. The van der Waals surface area contributed by atoms with Crippen LogP contribution in [0.3, 0.4) is 0 Å². The minimum atomic E-state index is -0.289. The summed E-state index contributed by atoms with van der Waals surface area (Å²) in [5.74, 6) is -0.289. The Balaban J connectivity index is 1.70. The maximum atomic E-state index is 13.6. The number of H-pyrrole nitrogens is 1. The quantitative estimate of drug-likeness (QED) is 0.315. The fraction of sp³-hybridized carbons (Fsp3) is 0.0385. The van der Waals surface area contributed by atoms with Gasteiger partial charge in [-0.1, -0.05) is 48.0 Å². The number of nitrogens with zero attached hydrogens (tertiary/aromatic N) is 3. The highest BCUT2D eigenvalue weighted by atomic mass is 32.1. The van der Waals surface area contributed by atoms with E-state index in [0.717, 1.165) is 39.5 Å². The van der Waals surface area contributed by atoms with E-state index in [1.165, 1.54) is 17.7 Å². The number of rotatable bonds is 4. The van der Waals surface area contributed by atoms with Gasteiger partial charge in [-0.15, -0.1) is 0 Å². The van der Waals surface area contributed by atoms with Crippen molar-refractivity contribution < 1.29 is 4.39 Å². The third kappa shape index (κ3) is 4.00. The van der Waals surface area contributed by atoms with Crippen molar-refractivity contribution in [1.82, 2.24) is 19.7 Å². The molecular formula is C26H19FN4S. The van der Waals surface area contributed by atoms with Crippen LogP contribution in [0.15, 0.2) is 91.1 Å². The van der Waals surface area contributed by atoms with Crippen molar-refractivity contribution in [1.29, 1.82) is 0 Å². The van der Waals surface area contributed by atoms with Gasteiger partial charge >= 0.3 is 0 Å². The van der Waals surface area contributed by atoms with Crippen molar-refractivity contribution in [2.45, 2.75) is 6.92 Å². The minimum absolute atomic E-state index is 0.289. The summed E-state index contributed by atoms with van der Waals surface area (Å²) in [5.41, 5.74) is 7.04. The van der Waals surface area contributed by atoms with E-state index in [-0.39, 0.29) is 5.82 Å². The summed E-state index contributed by atoms with van der Waals surface area (Å²) >= 11 is 5.45. The number of hydrogen-bond acceptors (Lipinski definition) is 3. The molecule has 0 saturated heterocycles. The van der Waals surface area contributed by atoms with Gasteiger partial charge in [0.1, 0.15) is 11.5 Å². The Bertz CT molecular complexity index is 1440. The van der Waals surface area contributed by atoms with Crippen LogP contribution in [0.25, 0.3) is 39.5 Å². The van der Waals surface area contributed by atoms with Gasteiger partial charge in [0.2, 0.25) is 0 Å². The number of hydrogen-bond donors (Lipinski definition) is 1. The molecule has 0 aliphatic rings. The first-order chi connectivity index (χ1) is 15.6. The lowest BCUT2D eigenvalue weighted by molar-refractivity contribution is 0.628. The van der Waals surface area contributed by atoms with Crippen LogP contribution in [-0.4, -0.2) is 19.7 Å². The Morgan fingerprint density at radius 3 is 2.28 bits per heavy atom. The van der Waals surface area contributed by atoms with Gasteiger partial charge in [-0.05, 0) is 61.6 Å². The first-order valence-electron chi connectivity index (χ1n) is 10.2.